The van der Waals surface area contributed by atoms with Crippen LogP contribution in [-0.2, 0) is 4.79 Å². The Labute approximate surface area is 156 Å². The molecular formula is C21H31N3O2. The van der Waals surface area contributed by atoms with E-state index in [0.29, 0.717) is 31.0 Å². The molecular weight excluding hydrogens is 326 g/mol. The van der Waals surface area contributed by atoms with E-state index in [9.17, 15) is 9.59 Å². The number of carbonyl (C=O) groups is 2. The molecule has 142 valence electrons. The van der Waals surface area contributed by atoms with Crippen LogP contribution in [0, 0.1) is 17.8 Å². The second kappa shape index (κ2) is 8.56. The van der Waals surface area contributed by atoms with Crippen LogP contribution in [-0.4, -0.2) is 36.0 Å². The van der Waals surface area contributed by atoms with Gasteiger partial charge in [-0.05, 0) is 43.2 Å². The molecule has 2 N–H and O–H groups in total. The van der Waals surface area contributed by atoms with Crippen molar-refractivity contribution in [3.8, 4) is 0 Å². The number of nitrogens with zero attached hydrogens (tertiary/aromatic N) is 1. The van der Waals surface area contributed by atoms with Crippen LogP contribution in [0.2, 0.25) is 0 Å². The molecule has 1 aliphatic carbocycles. The number of anilines is 1. The molecule has 1 saturated carbocycles. The second-order valence-electron chi connectivity index (χ2n) is 7.94. The maximum Gasteiger partial charge on any atom is 0.321 e. The fraction of sp³-hybridized carbons (Fsp3) is 0.619. The number of hydrogen-bond donors (Lipinski definition) is 2. The summed E-state index contributed by atoms with van der Waals surface area (Å²) in [5.41, 5.74) is 0.803. The highest BCUT2D eigenvalue weighted by molar-refractivity contribution is 5.89. The van der Waals surface area contributed by atoms with E-state index in [1.165, 1.54) is 12.8 Å². The molecule has 1 heterocycles. The molecule has 0 spiro atoms. The number of likely N-dealkylation sites (tertiary alicyclic amines) is 1. The first kappa shape index (κ1) is 18.7. The summed E-state index contributed by atoms with van der Waals surface area (Å²) in [6.07, 6.45) is 5.04. The third-order valence-corrected chi connectivity index (χ3v) is 6.21. The predicted octanol–water partition coefficient (Wildman–Crippen LogP) is 3.87. The summed E-state index contributed by atoms with van der Waals surface area (Å²) in [5, 5.41) is 6.21. The maximum absolute atomic E-state index is 12.7. The maximum atomic E-state index is 12.7. The van der Waals surface area contributed by atoms with Crippen LogP contribution in [0.3, 0.4) is 0 Å². The van der Waals surface area contributed by atoms with Gasteiger partial charge in [0.2, 0.25) is 5.91 Å². The van der Waals surface area contributed by atoms with E-state index in [1.54, 1.807) is 0 Å². The normalized spacial score (nSPS) is 27.0. The van der Waals surface area contributed by atoms with Crippen LogP contribution in [0.15, 0.2) is 30.3 Å². The predicted molar refractivity (Wildman–Crippen MR) is 104 cm³/mol. The molecule has 2 fully saturated rings. The highest BCUT2D eigenvalue weighted by atomic mass is 16.2. The number of benzene rings is 1. The van der Waals surface area contributed by atoms with Gasteiger partial charge in [0.25, 0.3) is 0 Å². The molecule has 0 radical (unpaired) electrons. The number of amides is 3. The SMILES string of the molecule is C[C@H]1[C@@H](NC(=O)C2CCN(C(=O)Nc3ccccc3)CC2)CCC[C@@H]1C. The van der Waals surface area contributed by atoms with Crippen molar-refractivity contribution in [2.45, 2.75) is 52.0 Å². The van der Waals surface area contributed by atoms with Gasteiger partial charge in [0.15, 0.2) is 0 Å². The molecule has 3 atom stereocenters. The van der Waals surface area contributed by atoms with Crippen LogP contribution < -0.4 is 10.6 Å². The molecule has 26 heavy (non-hydrogen) atoms. The van der Waals surface area contributed by atoms with E-state index < -0.39 is 0 Å². The van der Waals surface area contributed by atoms with Crippen LogP contribution in [0.25, 0.3) is 0 Å². The summed E-state index contributed by atoms with van der Waals surface area (Å²) in [5.74, 6) is 1.43. The number of hydrogen-bond acceptors (Lipinski definition) is 2. The highest BCUT2D eigenvalue weighted by Gasteiger charge is 2.32. The van der Waals surface area contributed by atoms with Crippen LogP contribution in [0.1, 0.15) is 46.0 Å². The molecule has 3 rings (SSSR count). The summed E-state index contributed by atoms with van der Waals surface area (Å²) in [6, 6.07) is 9.72. The largest absolute Gasteiger partial charge is 0.353 e. The van der Waals surface area contributed by atoms with Gasteiger partial charge in [0, 0.05) is 30.7 Å². The molecule has 0 bridgehead atoms. The Bertz CT molecular complexity index is 611. The smallest absolute Gasteiger partial charge is 0.321 e. The Balaban J connectivity index is 1.45. The average molecular weight is 357 g/mol. The fourth-order valence-corrected chi connectivity index (χ4v) is 4.16. The summed E-state index contributed by atoms with van der Waals surface area (Å²) >= 11 is 0. The standard InChI is InChI=1S/C21H31N3O2/c1-15-7-6-10-19(16(15)2)23-20(25)17-11-13-24(14-12-17)21(26)22-18-8-4-3-5-9-18/h3-5,8-9,15-17,19H,6-7,10-14H2,1-2H3,(H,22,26)(H,23,25)/t15-,16+,19-/m0/s1. The minimum absolute atomic E-state index is 0.0280. The lowest BCUT2D eigenvalue weighted by Gasteiger charge is -2.37. The van der Waals surface area contributed by atoms with Gasteiger partial charge in [-0.3, -0.25) is 4.79 Å². The lowest BCUT2D eigenvalue weighted by atomic mass is 9.78. The molecule has 1 aliphatic heterocycles. The van der Waals surface area contributed by atoms with Gasteiger partial charge in [-0.15, -0.1) is 0 Å². The molecule has 1 aromatic rings. The topological polar surface area (TPSA) is 61.4 Å². The van der Waals surface area contributed by atoms with E-state index in [1.807, 2.05) is 35.2 Å². The fourth-order valence-electron chi connectivity index (χ4n) is 4.16. The summed E-state index contributed by atoms with van der Waals surface area (Å²) in [4.78, 5) is 26.8. The third kappa shape index (κ3) is 4.57. The van der Waals surface area contributed by atoms with Crippen molar-refractivity contribution < 1.29 is 9.59 Å². The van der Waals surface area contributed by atoms with E-state index in [-0.39, 0.29) is 17.9 Å². The van der Waals surface area contributed by atoms with Gasteiger partial charge < -0.3 is 15.5 Å². The van der Waals surface area contributed by atoms with Crippen molar-refractivity contribution in [1.82, 2.24) is 10.2 Å². The van der Waals surface area contributed by atoms with Crippen molar-refractivity contribution >= 4 is 17.6 Å². The van der Waals surface area contributed by atoms with Gasteiger partial charge in [0.05, 0.1) is 0 Å². The van der Waals surface area contributed by atoms with Crippen LogP contribution in [0.4, 0.5) is 10.5 Å². The molecule has 1 saturated heterocycles. The van der Waals surface area contributed by atoms with E-state index in [2.05, 4.69) is 24.5 Å². The minimum Gasteiger partial charge on any atom is -0.353 e. The number of piperidine rings is 1. The van der Waals surface area contributed by atoms with Crippen LogP contribution in [0.5, 0.6) is 0 Å². The Morgan fingerprint density at radius 2 is 1.69 bits per heavy atom. The number of urea groups is 1. The average Bonchev–Trinajstić information content (AvgIpc) is 2.66. The Hall–Kier alpha value is -2.04. The first-order valence-electron chi connectivity index (χ1n) is 9.96. The zero-order valence-corrected chi connectivity index (χ0v) is 15.9. The molecule has 0 aromatic heterocycles. The molecule has 2 aliphatic rings. The monoisotopic (exact) mass is 357 g/mol. The molecule has 5 heteroatoms. The number of carbonyl (C=O) groups excluding carboxylic acids is 2. The number of rotatable bonds is 3. The van der Waals surface area contributed by atoms with Crippen molar-refractivity contribution in [3.05, 3.63) is 30.3 Å². The van der Waals surface area contributed by atoms with Crippen molar-refractivity contribution in [2.75, 3.05) is 18.4 Å². The Kier molecular flexibility index (Phi) is 6.17. The first-order chi connectivity index (χ1) is 12.5. The number of para-hydroxylation sites is 1. The second-order valence-corrected chi connectivity index (χ2v) is 7.94. The van der Waals surface area contributed by atoms with Crippen molar-refractivity contribution in [2.24, 2.45) is 17.8 Å². The van der Waals surface area contributed by atoms with Crippen LogP contribution >= 0.6 is 0 Å². The third-order valence-electron chi connectivity index (χ3n) is 6.21. The summed E-state index contributed by atoms with van der Waals surface area (Å²) in [6.45, 7) is 5.80. The van der Waals surface area contributed by atoms with Gasteiger partial charge in [-0.1, -0.05) is 44.9 Å². The quantitative estimate of drug-likeness (QED) is 0.862. The summed E-state index contributed by atoms with van der Waals surface area (Å²) < 4.78 is 0. The highest BCUT2D eigenvalue weighted by Crippen LogP contribution is 2.30. The van der Waals surface area contributed by atoms with Crippen molar-refractivity contribution in [1.29, 1.82) is 0 Å². The first-order valence-corrected chi connectivity index (χ1v) is 9.96. The van der Waals surface area contributed by atoms with Gasteiger partial charge in [0.1, 0.15) is 0 Å². The molecule has 1 aromatic carbocycles. The lowest BCUT2D eigenvalue weighted by molar-refractivity contribution is -0.127. The Morgan fingerprint density at radius 3 is 2.38 bits per heavy atom. The molecule has 5 nitrogen and oxygen atoms in total. The van der Waals surface area contributed by atoms with Gasteiger partial charge in [-0.2, -0.15) is 0 Å². The van der Waals surface area contributed by atoms with E-state index in [0.717, 1.165) is 24.9 Å². The molecule has 3 amide bonds. The minimum atomic E-state index is -0.0789. The van der Waals surface area contributed by atoms with Gasteiger partial charge >= 0.3 is 6.03 Å². The lowest BCUT2D eigenvalue weighted by Crippen LogP contribution is -2.49. The zero-order chi connectivity index (χ0) is 18.5. The van der Waals surface area contributed by atoms with E-state index in [4.69, 9.17) is 0 Å². The zero-order valence-electron chi connectivity index (χ0n) is 15.9. The van der Waals surface area contributed by atoms with Crippen molar-refractivity contribution in [3.63, 3.8) is 0 Å². The molecule has 0 unspecified atom stereocenters. The van der Waals surface area contributed by atoms with E-state index >= 15 is 0 Å². The van der Waals surface area contributed by atoms with Gasteiger partial charge in [-0.25, -0.2) is 4.79 Å². The summed E-state index contributed by atoms with van der Waals surface area (Å²) in [7, 11) is 0. The Morgan fingerprint density at radius 1 is 1.00 bits per heavy atom. The number of nitrogens with one attached hydrogen (secondary N) is 2.